The van der Waals surface area contributed by atoms with Crippen LogP contribution in [0.15, 0.2) is 89.8 Å². The molecule has 3 aromatic carbocycles. The van der Waals surface area contributed by atoms with E-state index in [1.54, 1.807) is 60.7 Å². The number of hydrogen-bond donors (Lipinski definition) is 0. The van der Waals surface area contributed by atoms with E-state index in [0.717, 1.165) is 0 Å². The van der Waals surface area contributed by atoms with Crippen LogP contribution >= 0.6 is 0 Å². The Hall–Kier alpha value is -3.33. The summed E-state index contributed by atoms with van der Waals surface area (Å²) in [7, 11) is -3.85. The average molecular weight is 494 g/mol. The van der Waals surface area contributed by atoms with Gasteiger partial charge in [0.05, 0.1) is 22.7 Å². The van der Waals surface area contributed by atoms with Gasteiger partial charge in [0.25, 0.3) is 0 Å². The van der Waals surface area contributed by atoms with Crippen molar-refractivity contribution in [1.82, 2.24) is 4.31 Å². The van der Waals surface area contributed by atoms with Crippen LogP contribution < -0.4 is 0 Å². The molecule has 0 bridgehead atoms. The molecule has 3 aromatic rings. The Morgan fingerprint density at radius 3 is 2.06 bits per heavy atom. The van der Waals surface area contributed by atoms with Crippen LogP contribution in [0.1, 0.15) is 46.2 Å². The molecule has 1 heterocycles. The summed E-state index contributed by atoms with van der Waals surface area (Å²) < 4.78 is 39.2. The van der Waals surface area contributed by atoms with Crippen LogP contribution in [0.2, 0.25) is 0 Å². The summed E-state index contributed by atoms with van der Waals surface area (Å²) in [5.74, 6) is -1.16. The van der Waals surface area contributed by atoms with Crippen molar-refractivity contribution in [1.29, 1.82) is 0 Å². The van der Waals surface area contributed by atoms with Crippen LogP contribution in [0, 0.1) is 0 Å². The Balaban J connectivity index is 1.61. The van der Waals surface area contributed by atoms with Crippen molar-refractivity contribution in [3.05, 3.63) is 102 Å². The lowest BCUT2D eigenvalue weighted by Crippen LogP contribution is -2.48. The van der Waals surface area contributed by atoms with Crippen LogP contribution in [0.25, 0.3) is 0 Å². The summed E-state index contributed by atoms with van der Waals surface area (Å²) in [5, 5.41) is 0. The Morgan fingerprint density at radius 2 is 1.43 bits per heavy atom. The second-order valence-electron chi connectivity index (χ2n) is 8.53. The number of ketones is 1. The Kier molecular flexibility index (Phi) is 7.45. The second kappa shape index (κ2) is 10.5. The van der Waals surface area contributed by atoms with Gasteiger partial charge < -0.3 is 9.47 Å². The van der Waals surface area contributed by atoms with Crippen LogP contribution in [-0.2, 0) is 19.5 Å². The largest absolute Gasteiger partial charge is 0.445 e. The summed E-state index contributed by atoms with van der Waals surface area (Å²) in [4.78, 5) is 26.3. The van der Waals surface area contributed by atoms with E-state index in [2.05, 4.69) is 0 Å². The summed E-state index contributed by atoms with van der Waals surface area (Å²) in [5.41, 5.74) is 0.970. The number of nitrogens with zero attached hydrogens (tertiary/aromatic N) is 1. The molecule has 35 heavy (non-hydrogen) atoms. The van der Waals surface area contributed by atoms with Crippen LogP contribution in [0.4, 0.5) is 0 Å². The highest BCUT2D eigenvalue weighted by Gasteiger charge is 2.33. The minimum atomic E-state index is -3.85. The van der Waals surface area contributed by atoms with Crippen molar-refractivity contribution in [3.63, 3.8) is 0 Å². The number of esters is 1. The molecule has 0 aliphatic carbocycles. The molecule has 3 atom stereocenters. The highest BCUT2D eigenvalue weighted by molar-refractivity contribution is 7.89. The molecule has 1 fully saturated rings. The molecule has 0 amide bonds. The molecule has 0 aromatic heterocycles. The average Bonchev–Trinajstić information content (AvgIpc) is 2.87. The lowest BCUT2D eigenvalue weighted by atomic mass is 10.00. The molecular weight excluding hydrogens is 466 g/mol. The van der Waals surface area contributed by atoms with Gasteiger partial charge in [-0.15, -0.1) is 0 Å². The summed E-state index contributed by atoms with van der Waals surface area (Å²) in [6, 6.07) is 23.0. The molecule has 4 rings (SSSR count). The molecule has 1 aliphatic rings. The normalized spacial score (nSPS) is 19.6. The summed E-state index contributed by atoms with van der Waals surface area (Å²) >= 11 is 0. The lowest BCUT2D eigenvalue weighted by molar-refractivity contribution is -0.0440. The highest BCUT2D eigenvalue weighted by Crippen LogP contribution is 2.26. The van der Waals surface area contributed by atoms with Gasteiger partial charge in [-0.05, 0) is 32.0 Å². The molecule has 8 heteroatoms. The number of carbonyl (C=O) groups is 2. The molecular formula is C27H27NO6S. The molecule has 0 radical (unpaired) electrons. The SMILES string of the molecule is C[C@@H]1CN(S(=O)(=O)c2cccc(C(=O)O[C@H](C(=O)c3ccccc3)c3ccccc3)c2)C[C@@H](C)O1. The molecule has 0 N–H and O–H groups in total. The van der Waals surface area contributed by atoms with Crippen molar-refractivity contribution < 1.29 is 27.5 Å². The standard InChI is InChI=1S/C27H27NO6S/c1-19-17-28(18-20(2)33-19)35(31,32)24-15-9-14-23(16-24)27(30)34-26(22-12-7-4-8-13-22)25(29)21-10-5-3-6-11-21/h3-16,19-20,26H,17-18H2,1-2H3/t19-,20-,26+/m1/s1. The topological polar surface area (TPSA) is 90.0 Å². The molecule has 7 nitrogen and oxygen atoms in total. The predicted molar refractivity (Wildman–Crippen MR) is 131 cm³/mol. The van der Waals surface area contributed by atoms with Crippen molar-refractivity contribution in [3.8, 4) is 0 Å². The summed E-state index contributed by atoms with van der Waals surface area (Å²) in [6.07, 6.45) is -1.65. The molecule has 182 valence electrons. The van der Waals surface area contributed by atoms with Gasteiger partial charge in [0.1, 0.15) is 0 Å². The number of morpholine rings is 1. The van der Waals surface area contributed by atoms with Crippen molar-refractivity contribution in [2.24, 2.45) is 0 Å². The van der Waals surface area contributed by atoms with Crippen LogP contribution in [0.3, 0.4) is 0 Å². The van der Waals surface area contributed by atoms with Crippen LogP contribution in [0.5, 0.6) is 0 Å². The van der Waals surface area contributed by atoms with Gasteiger partial charge >= 0.3 is 5.97 Å². The molecule has 1 saturated heterocycles. The van der Waals surface area contributed by atoms with E-state index >= 15 is 0 Å². The number of benzene rings is 3. The zero-order valence-electron chi connectivity index (χ0n) is 19.5. The van der Waals surface area contributed by atoms with Gasteiger partial charge in [-0.3, -0.25) is 4.79 Å². The third-order valence-electron chi connectivity index (χ3n) is 5.72. The Morgan fingerprint density at radius 1 is 0.857 bits per heavy atom. The zero-order chi connectivity index (χ0) is 25.0. The quantitative estimate of drug-likeness (QED) is 0.361. The van der Waals surface area contributed by atoms with Gasteiger partial charge in [-0.25, -0.2) is 13.2 Å². The molecule has 0 unspecified atom stereocenters. The lowest BCUT2D eigenvalue weighted by Gasteiger charge is -2.34. The Bertz CT molecular complexity index is 1280. The first-order valence-electron chi connectivity index (χ1n) is 11.4. The predicted octanol–water partition coefficient (Wildman–Crippen LogP) is 4.27. The Labute approximate surface area is 205 Å². The number of hydrogen-bond acceptors (Lipinski definition) is 6. The molecule has 0 spiro atoms. The number of rotatable bonds is 7. The number of ether oxygens (including phenoxy) is 2. The van der Waals surface area contributed by atoms with E-state index in [-0.39, 0.29) is 41.5 Å². The van der Waals surface area contributed by atoms with Gasteiger partial charge in [-0.1, -0.05) is 66.7 Å². The third kappa shape index (κ3) is 5.67. The highest BCUT2D eigenvalue weighted by atomic mass is 32.2. The minimum absolute atomic E-state index is 0.0149. The summed E-state index contributed by atoms with van der Waals surface area (Å²) in [6.45, 7) is 4.09. The first-order chi connectivity index (χ1) is 16.8. The maximum atomic E-state index is 13.3. The smallest absolute Gasteiger partial charge is 0.339 e. The maximum absolute atomic E-state index is 13.3. The minimum Gasteiger partial charge on any atom is -0.445 e. The third-order valence-corrected chi connectivity index (χ3v) is 7.54. The van der Waals surface area contributed by atoms with E-state index in [4.69, 9.17) is 9.47 Å². The number of carbonyl (C=O) groups excluding carboxylic acids is 2. The molecule has 0 saturated carbocycles. The zero-order valence-corrected chi connectivity index (χ0v) is 20.4. The van der Waals surface area contributed by atoms with E-state index < -0.39 is 22.1 Å². The second-order valence-corrected chi connectivity index (χ2v) is 10.5. The van der Waals surface area contributed by atoms with E-state index in [0.29, 0.717) is 11.1 Å². The van der Waals surface area contributed by atoms with Crippen LogP contribution in [-0.4, -0.2) is 49.8 Å². The number of Topliss-reactive ketones (excluding diaryl/α,β-unsaturated/α-hetero) is 1. The first-order valence-corrected chi connectivity index (χ1v) is 12.8. The van der Waals surface area contributed by atoms with Crippen molar-refractivity contribution in [2.45, 2.75) is 37.1 Å². The number of sulfonamides is 1. The van der Waals surface area contributed by atoms with E-state index in [9.17, 15) is 18.0 Å². The first kappa shape index (κ1) is 24.8. The fourth-order valence-corrected chi connectivity index (χ4v) is 5.73. The maximum Gasteiger partial charge on any atom is 0.339 e. The van der Waals surface area contributed by atoms with E-state index in [1.165, 1.54) is 28.6 Å². The fourth-order valence-electron chi connectivity index (χ4n) is 4.09. The monoisotopic (exact) mass is 493 g/mol. The van der Waals surface area contributed by atoms with Crippen molar-refractivity contribution >= 4 is 21.8 Å². The van der Waals surface area contributed by atoms with Gasteiger partial charge in [0, 0.05) is 24.2 Å². The molecule has 1 aliphatic heterocycles. The fraction of sp³-hybridized carbons (Fsp3) is 0.259. The van der Waals surface area contributed by atoms with E-state index in [1.807, 2.05) is 13.8 Å². The van der Waals surface area contributed by atoms with Gasteiger partial charge in [-0.2, -0.15) is 4.31 Å². The van der Waals surface area contributed by atoms with Gasteiger partial charge in [0.2, 0.25) is 15.8 Å². The van der Waals surface area contributed by atoms with Gasteiger partial charge in [0.15, 0.2) is 6.10 Å². The van der Waals surface area contributed by atoms with Crippen molar-refractivity contribution in [2.75, 3.05) is 13.1 Å².